The lowest BCUT2D eigenvalue weighted by atomic mass is 9.98. The number of hydrogen-bond donors (Lipinski definition) is 4. The number of aromatic hydroxyl groups is 3. The summed E-state index contributed by atoms with van der Waals surface area (Å²) in [5.41, 5.74) is 0.798. The van der Waals surface area contributed by atoms with Crippen molar-refractivity contribution >= 4 is 6.08 Å². The fraction of sp³-hybridized carbons (Fsp3) is 0.125. The quantitative estimate of drug-likeness (QED) is 0.633. The van der Waals surface area contributed by atoms with E-state index < -0.39 is 11.5 Å². The van der Waals surface area contributed by atoms with Crippen LogP contribution in [-0.2, 0) is 10.5 Å². The van der Waals surface area contributed by atoms with E-state index in [4.69, 9.17) is 9.47 Å². The van der Waals surface area contributed by atoms with Gasteiger partial charge in [0.1, 0.15) is 11.5 Å². The highest BCUT2D eigenvalue weighted by molar-refractivity contribution is 5.65. The summed E-state index contributed by atoms with van der Waals surface area (Å²) < 4.78 is 10.8. The Morgan fingerprint density at radius 3 is 2.45 bits per heavy atom. The number of rotatable bonds is 2. The zero-order chi connectivity index (χ0) is 15.9. The monoisotopic (exact) mass is 302 g/mol. The number of benzene rings is 2. The molecule has 1 atom stereocenters. The van der Waals surface area contributed by atoms with Gasteiger partial charge in [0, 0.05) is 17.2 Å². The maximum atomic E-state index is 10.9. The molecule has 2 aromatic rings. The van der Waals surface area contributed by atoms with Crippen LogP contribution in [0.2, 0.25) is 0 Å². The summed E-state index contributed by atoms with van der Waals surface area (Å²) in [6, 6.07) is 8.28. The molecule has 0 aromatic heterocycles. The molecule has 6 nitrogen and oxygen atoms in total. The molecule has 6 heteroatoms. The molecule has 0 saturated carbocycles. The van der Waals surface area contributed by atoms with Gasteiger partial charge in [-0.1, -0.05) is 0 Å². The van der Waals surface area contributed by atoms with Crippen molar-refractivity contribution in [2.24, 2.45) is 0 Å². The van der Waals surface area contributed by atoms with Gasteiger partial charge < -0.3 is 29.9 Å². The van der Waals surface area contributed by atoms with Gasteiger partial charge in [-0.2, -0.15) is 0 Å². The van der Waals surface area contributed by atoms with Crippen LogP contribution in [0.25, 0.3) is 6.08 Å². The zero-order valence-electron chi connectivity index (χ0n) is 11.6. The van der Waals surface area contributed by atoms with Crippen LogP contribution in [0.3, 0.4) is 0 Å². The number of hydrogen-bond acceptors (Lipinski definition) is 6. The first-order valence-electron chi connectivity index (χ1n) is 6.47. The molecular formula is C16H14O6. The van der Waals surface area contributed by atoms with Crippen LogP contribution >= 0.6 is 0 Å². The minimum Gasteiger partial charge on any atom is -0.508 e. The van der Waals surface area contributed by atoms with Crippen LogP contribution < -0.4 is 4.74 Å². The lowest BCUT2D eigenvalue weighted by Gasteiger charge is -2.34. The highest BCUT2D eigenvalue weighted by atomic mass is 16.7. The minimum absolute atomic E-state index is 0.0103. The maximum absolute atomic E-state index is 10.9. The van der Waals surface area contributed by atoms with Crippen molar-refractivity contribution in [2.75, 3.05) is 7.11 Å². The predicted molar refractivity (Wildman–Crippen MR) is 77.4 cm³/mol. The molecule has 1 aliphatic heterocycles. The molecular weight excluding hydrogens is 288 g/mol. The number of fused-ring (bicyclic) bond motifs is 1. The van der Waals surface area contributed by atoms with E-state index >= 15 is 0 Å². The Balaban J connectivity index is 2.15. The van der Waals surface area contributed by atoms with Crippen molar-refractivity contribution in [3.63, 3.8) is 0 Å². The van der Waals surface area contributed by atoms with Crippen molar-refractivity contribution in [1.29, 1.82) is 0 Å². The molecule has 0 spiro atoms. The van der Waals surface area contributed by atoms with Gasteiger partial charge in [-0.3, -0.25) is 0 Å². The van der Waals surface area contributed by atoms with Crippen molar-refractivity contribution < 1.29 is 29.9 Å². The molecule has 0 saturated heterocycles. The van der Waals surface area contributed by atoms with E-state index in [2.05, 4.69) is 0 Å². The van der Waals surface area contributed by atoms with Gasteiger partial charge in [-0.05, 0) is 36.4 Å². The van der Waals surface area contributed by atoms with Crippen LogP contribution in [0, 0.1) is 0 Å². The largest absolute Gasteiger partial charge is 0.508 e. The molecule has 3 rings (SSSR count). The topological polar surface area (TPSA) is 99.4 Å². The van der Waals surface area contributed by atoms with Gasteiger partial charge in [0.05, 0.1) is 7.11 Å². The van der Waals surface area contributed by atoms with E-state index in [1.807, 2.05) is 0 Å². The summed E-state index contributed by atoms with van der Waals surface area (Å²) in [5.74, 6) is -2.34. The van der Waals surface area contributed by atoms with Gasteiger partial charge in [0.25, 0.3) is 5.79 Å². The van der Waals surface area contributed by atoms with E-state index in [0.717, 1.165) is 0 Å². The predicted octanol–water partition coefficient (Wildman–Crippen LogP) is 2.03. The Morgan fingerprint density at radius 2 is 1.77 bits per heavy atom. The average molecular weight is 302 g/mol. The third-order valence-electron chi connectivity index (χ3n) is 3.46. The summed E-state index contributed by atoms with van der Waals surface area (Å²) in [6.07, 6.45) is 1.57. The number of aliphatic hydroxyl groups is 1. The Labute approximate surface area is 126 Å². The first-order chi connectivity index (χ1) is 10.4. The lowest BCUT2D eigenvalue weighted by molar-refractivity contribution is -0.143. The van der Waals surface area contributed by atoms with E-state index in [1.54, 1.807) is 12.1 Å². The second-order valence-corrected chi connectivity index (χ2v) is 4.88. The molecule has 4 N–H and O–H groups in total. The number of methoxy groups -OCH3 is 1. The Hall–Kier alpha value is -2.86. The molecule has 0 fully saturated rings. The third kappa shape index (κ3) is 2.10. The Kier molecular flexibility index (Phi) is 3.11. The summed E-state index contributed by atoms with van der Waals surface area (Å²) in [6.45, 7) is 0. The standard InChI is InChI=1S/C16H14O6/c1-21-15-6-9-2-4-11(17)8-14(9)22-16(15,20)10-3-5-12(18)13(19)7-10/h2-8,17-20H,1H3. The summed E-state index contributed by atoms with van der Waals surface area (Å²) in [4.78, 5) is 0. The van der Waals surface area contributed by atoms with E-state index in [9.17, 15) is 20.4 Å². The van der Waals surface area contributed by atoms with Gasteiger partial charge in [-0.25, -0.2) is 0 Å². The van der Waals surface area contributed by atoms with Crippen LogP contribution in [-0.4, -0.2) is 27.5 Å². The normalized spacial score (nSPS) is 19.8. The van der Waals surface area contributed by atoms with Crippen LogP contribution in [0.5, 0.6) is 23.0 Å². The highest BCUT2D eigenvalue weighted by Crippen LogP contribution is 2.43. The molecule has 1 heterocycles. The van der Waals surface area contributed by atoms with Gasteiger partial charge >= 0.3 is 0 Å². The number of phenolic OH excluding ortho intramolecular Hbond substituents is 3. The van der Waals surface area contributed by atoms with Crippen LogP contribution in [0.1, 0.15) is 11.1 Å². The van der Waals surface area contributed by atoms with Crippen molar-refractivity contribution in [1.82, 2.24) is 0 Å². The Morgan fingerprint density at radius 1 is 1.00 bits per heavy atom. The lowest BCUT2D eigenvalue weighted by Crippen LogP contribution is -2.37. The summed E-state index contributed by atoms with van der Waals surface area (Å²) in [7, 11) is 1.38. The first kappa shape index (κ1) is 14.1. The average Bonchev–Trinajstić information content (AvgIpc) is 2.49. The second-order valence-electron chi connectivity index (χ2n) is 4.88. The van der Waals surface area contributed by atoms with E-state index in [1.165, 1.54) is 37.4 Å². The van der Waals surface area contributed by atoms with E-state index in [-0.39, 0.29) is 28.6 Å². The van der Waals surface area contributed by atoms with Crippen molar-refractivity contribution in [3.05, 3.63) is 53.3 Å². The second kappa shape index (κ2) is 4.85. The molecule has 0 aliphatic carbocycles. The fourth-order valence-electron chi connectivity index (χ4n) is 2.31. The van der Waals surface area contributed by atoms with Crippen LogP contribution in [0.4, 0.5) is 0 Å². The van der Waals surface area contributed by atoms with Gasteiger partial charge in [0.2, 0.25) is 0 Å². The van der Waals surface area contributed by atoms with Gasteiger partial charge in [-0.15, -0.1) is 0 Å². The van der Waals surface area contributed by atoms with E-state index in [0.29, 0.717) is 5.56 Å². The maximum Gasteiger partial charge on any atom is 0.294 e. The van der Waals surface area contributed by atoms with Crippen molar-refractivity contribution in [3.8, 4) is 23.0 Å². The number of ether oxygens (including phenoxy) is 2. The first-order valence-corrected chi connectivity index (χ1v) is 6.47. The molecule has 0 radical (unpaired) electrons. The molecule has 1 unspecified atom stereocenters. The molecule has 0 amide bonds. The third-order valence-corrected chi connectivity index (χ3v) is 3.46. The summed E-state index contributed by atoms with van der Waals surface area (Å²) in [5, 5.41) is 39.4. The molecule has 1 aliphatic rings. The molecule has 22 heavy (non-hydrogen) atoms. The SMILES string of the molecule is COC1=Cc2ccc(O)cc2OC1(O)c1ccc(O)c(O)c1. The van der Waals surface area contributed by atoms with Gasteiger partial charge in [0.15, 0.2) is 17.3 Å². The zero-order valence-corrected chi connectivity index (χ0v) is 11.6. The minimum atomic E-state index is -1.99. The van der Waals surface area contributed by atoms with Crippen molar-refractivity contribution in [2.45, 2.75) is 5.79 Å². The van der Waals surface area contributed by atoms with Crippen LogP contribution in [0.15, 0.2) is 42.2 Å². The smallest absolute Gasteiger partial charge is 0.294 e. The fourth-order valence-corrected chi connectivity index (χ4v) is 2.31. The molecule has 2 aromatic carbocycles. The Bertz CT molecular complexity index is 767. The highest BCUT2D eigenvalue weighted by Gasteiger charge is 2.42. The number of phenols is 3. The summed E-state index contributed by atoms with van der Waals surface area (Å²) >= 11 is 0. The molecule has 0 bridgehead atoms. The molecule has 114 valence electrons.